The summed E-state index contributed by atoms with van der Waals surface area (Å²) in [5.74, 6) is -0.232. The van der Waals surface area contributed by atoms with Crippen LogP contribution in [0.2, 0.25) is 5.02 Å². The van der Waals surface area contributed by atoms with E-state index in [1.807, 2.05) is 66.9 Å². The zero-order valence-electron chi connectivity index (χ0n) is 14.4. The molecule has 3 nitrogen and oxygen atoms in total. The number of hydrogen-bond acceptors (Lipinski definition) is 4. The molecule has 4 aromatic rings. The molecule has 1 amide bonds. The fourth-order valence-electron chi connectivity index (χ4n) is 2.76. The molecule has 0 spiro atoms. The maximum Gasteiger partial charge on any atom is 0.257 e. The van der Waals surface area contributed by atoms with Gasteiger partial charge in [-0.15, -0.1) is 23.1 Å². The second kappa shape index (κ2) is 7.72. The minimum absolute atomic E-state index is 0.232. The van der Waals surface area contributed by atoms with Crippen LogP contribution in [0.4, 0.5) is 5.69 Å². The maximum absolute atomic E-state index is 12.8. The molecule has 4 rings (SSSR count). The number of rotatable bonds is 4. The summed E-state index contributed by atoms with van der Waals surface area (Å²) in [6.45, 7) is 0. The Hall–Kier alpha value is -2.34. The van der Waals surface area contributed by atoms with Gasteiger partial charge in [-0.05, 0) is 48.7 Å². The van der Waals surface area contributed by atoms with Crippen molar-refractivity contribution in [1.29, 1.82) is 0 Å². The van der Waals surface area contributed by atoms with E-state index in [2.05, 4.69) is 5.32 Å². The van der Waals surface area contributed by atoms with Crippen molar-refractivity contribution >= 4 is 56.5 Å². The van der Waals surface area contributed by atoms with Crippen LogP contribution in [-0.4, -0.2) is 17.1 Å². The van der Waals surface area contributed by atoms with Crippen LogP contribution < -0.4 is 5.32 Å². The number of halogens is 1. The standard InChI is InChI=1S/C21H15ClN2OS2/c1-26-13-10-11-16(22)15(12-13)20(25)23-17-7-3-2-6-14(17)21-24-18-8-4-5-9-19(18)27-21/h2-12H,1H3,(H,23,25). The number of para-hydroxylation sites is 2. The van der Waals surface area contributed by atoms with Crippen molar-refractivity contribution in [3.63, 3.8) is 0 Å². The van der Waals surface area contributed by atoms with Crippen molar-refractivity contribution in [1.82, 2.24) is 4.98 Å². The lowest BCUT2D eigenvalue weighted by Crippen LogP contribution is -2.13. The molecule has 0 fully saturated rings. The second-order valence-corrected chi connectivity index (χ2v) is 8.15. The van der Waals surface area contributed by atoms with E-state index in [9.17, 15) is 4.79 Å². The molecule has 0 bridgehead atoms. The average Bonchev–Trinajstić information content (AvgIpc) is 3.12. The third kappa shape index (κ3) is 3.72. The Morgan fingerprint density at radius 3 is 2.67 bits per heavy atom. The van der Waals surface area contributed by atoms with Gasteiger partial charge in [-0.2, -0.15) is 0 Å². The largest absolute Gasteiger partial charge is 0.321 e. The number of amides is 1. The monoisotopic (exact) mass is 410 g/mol. The fraction of sp³-hybridized carbons (Fsp3) is 0.0476. The van der Waals surface area contributed by atoms with Gasteiger partial charge in [0.25, 0.3) is 5.91 Å². The van der Waals surface area contributed by atoms with Gasteiger partial charge in [0, 0.05) is 10.5 Å². The first-order chi connectivity index (χ1) is 13.2. The molecule has 1 N–H and O–H groups in total. The summed E-state index contributed by atoms with van der Waals surface area (Å²) in [6.07, 6.45) is 1.97. The van der Waals surface area contributed by atoms with Crippen molar-refractivity contribution in [3.8, 4) is 10.6 Å². The Morgan fingerprint density at radius 1 is 1.07 bits per heavy atom. The number of thiazole rings is 1. The van der Waals surface area contributed by atoms with Crippen molar-refractivity contribution in [2.24, 2.45) is 0 Å². The summed E-state index contributed by atoms with van der Waals surface area (Å²) in [5, 5.41) is 4.30. The van der Waals surface area contributed by atoms with Crippen molar-refractivity contribution in [3.05, 3.63) is 77.3 Å². The molecule has 0 unspecified atom stereocenters. The molecular formula is C21H15ClN2OS2. The van der Waals surface area contributed by atoms with E-state index in [-0.39, 0.29) is 5.91 Å². The van der Waals surface area contributed by atoms with Gasteiger partial charge in [0.2, 0.25) is 0 Å². The Balaban J connectivity index is 1.70. The zero-order valence-corrected chi connectivity index (χ0v) is 16.8. The van der Waals surface area contributed by atoms with Gasteiger partial charge in [-0.25, -0.2) is 4.98 Å². The number of hydrogen-bond donors (Lipinski definition) is 1. The van der Waals surface area contributed by atoms with Crippen LogP contribution in [0.15, 0.2) is 71.6 Å². The van der Waals surface area contributed by atoms with E-state index < -0.39 is 0 Å². The zero-order chi connectivity index (χ0) is 18.8. The first kappa shape index (κ1) is 18.0. The number of aromatic nitrogens is 1. The summed E-state index contributed by atoms with van der Waals surface area (Å²) in [7, 11) is 0. The number of nitrogens with zero attached hydrogens (tertiary/aromatic N) is 1. The lowest BCUT2D eigenvalue weighted by atomic mass is 10.1. The molecular weight excluding hydrogens is 396 g/mol. The number of anilines is 1. The van der Waals surface area contributed by atoms with Gasteiger partial charge in [-0.3, -0.25) is 4.79 Å². The van der Waals surface area contributed by atoms with E-state index in [1.165, 1.54) is 0 Å². The van der Waals surface area contributed by atoms with Crippen LogP contribution >= 0.6 is 34.7 Å². The van der Waals surface area contributed by atoms with E-state index in [4.69, 9.17) is 16.6 Å². The number of carbonyl (C=O) groups excluding carboxylic acids is 1. The summed E-state index contributed by atoms with van der Waals surface area (Å²) in [5.41, 5.74) is 3.02. The van der Waals surface area contributed by atoms with Crippen LogP contribution in [0.3, 0.4) is 0 Å². The molecule has 1 aromatic heterocycles. The maximum atomic E-state index is 12.8. The van der Waals surface area contributed by atoms with Gasteiger partial charge < -0.3 is 5.32 Å². The smallest absolute Gasteiger partial charge is 0.257 e. The van der Waals surface area contributed by atoms with Gasteiger partial charge in [0.05, 0.1) is 26.5 Å². The predicted molar refractivity (Wildman–Crippen MR) is 116 cm³/mol. The molecule has 27 heavy (non-hydrogen) atoms. The van der Waals surface area contributed by atoms with Crippen molar-refractivity contribution in [2.45, 2.75) is 4.90 Å². The molecule has 0 atom stereocenters. The van der Waals surface area contributed by atoms with Gasteiger partial charge >= 0.3 is 0 Å². The summed E-state index contributed by atoms with van der Waals surface area (Å²) in [4.78, 5) is 18.5. The summed E-state index contributed by atoms with van der Waals surface area (Å²) < 4.78 is 1.12. The third-order valence-electron chi connectivity index (χ3n) is 4.12. The Labute approximate surface area is 170 Å². The average molecular weight is 411 g/mol. The van der Waals surface area contributed by atoms with E-state index in [0.29, 0.717) is 16.3 Å². The SMILES string of the molecule is CSc1ccc(Cl)c(C(=O)Nc2ccccc2-c2nc3ccccc3s2)c1. The number of carbonyl (C=O) groups is 1. The summed E-state index contributed by atoms with van der Waals surface area (Å²) >= 11 is 9.42. The molecule has 1 heterocycles. The highest BCUT2D eigenvalue weighted by Gasteiger charge is 2.15. The molecule has 0 aliphatic rings. The second-order valence-electron chi connectivity index (χ2n) is 5.83. The van der Waals surface area contributed by atoms with E-state index in [1.54, 1.807) is 29.2 Å². The molecule has 0 saturated heterocycles. The van der Waals surface area contributed by atoms with Crippen LogP contribution in [0.25, 0.3) is 20.8 Å². The van der Waals surface area contributed by atoms with Gasteiger partial charge in [0.15, 0.2) is 0 Å². The minimum atomic E-state index is -0.232. The number of fused-ring (bicyclic) bond motifs is 1. The van der Waals surface area contributed by atoms with Crippen LogP contribution in [-0.2, 0) is 0 Å². The van der Waals surface area contributed by atoms with E-state index >= 15 is 0 Å². The topological polar surface area (TPSA) is 42.0 Å². The van der Waals surface area contributed by atoms with Crippen LogP contribution in [0.5, 0.6) is 0 Å². The normalized spacial score (nSPS) is 10.9. The highest BCUT2D eigenvalue weighted by molar-refractivity contribution is 7.98. The Kier molecular flexibility index (Phi) is 5.16. The predicted octanol–water partition coefficient (Wildman–Crippen LogP) is 6.59. The van der Waals surface area contributed by atoms with E-state index in [0.717, 1.165) is 25.7 Å². The number of thioether (sulfide) groups is 1. The Morgan fingerprint density at radius 2 is 1.85 bits per heavy atom. The highest BCUT2D eigenvalue weighted by Crippen LogP contribution is 2.35. The van der Waals surface area contributed by atoms with Crippen LogP contribution in [0, 0.1) is 0 Å². The van der Waals surface area contributed by atoms with Gasteiger partial charge in [-0.1, -0.05) is 35.9 Å². The number of nitrogens with one attached hydrogen (secondary N) is 1. The molecule has 0 saturated carbocycles. The number of benzene rings is 3. The molecule has 0 aliphatic carbocycles. The third-order valence-corrected chi connectivity index (χ3v) is 6.24. The lowest BCUT2D eigenvalue weighted by molar-refractivity contribution is 0.102. The first-order valence-corrected chi connectivity index (χ1v) is 10.7. The molecule has 0 aliphatic heterocycles. The van der Waals surface area contributed by atoms with Crippen molar-refractivity contribution < 1.29 is 4.79 Å². The fourth-order valence-corrected chi connectivity index (χ4v) is 4.41. The first-order valence-electron chi connectivity index (χ1n) is 8.25. The van der Waals surface area contributed by atoms with Gasteiger partial charge in [0.1, 0.15) is 5.01 Å². The van der Waals surface area contributed by atoms with Crippen molar-refractivity contribution in [2.75, 3.05) is 11.6 Å². The molecule has 3 aromatic carbocycles. The quantitative estimate of drug-likeness (QED) is 0.386. The molecule has 134 valence electrons. The molecule has 6 heteroatoms. The Bertz CT molecular complexity index is 1110. The summed E-state index contributed by atoms with van der Waals surface area (Å²) in [6, 6.07) is 21.2. The van der Waals surface area contributed by atoms with Crippen LogP contribution in [0.1, 0.15) is 10.4 Å². The highest BCUT2D eigenvalue weighted by atomic mass is 35.5. The lowest BCUT2D eigenvalue weighted by Gasteiger charge is -2.11. The minimum Gasteiger partial charge on any atom is -0.321 e. The molecule has 0 radical (unpaired) electrons.